The van der Waals surface area contributed by atoms with E-state index in [1.54, 1.807) is 74.5 Å². The van der Waals surface area contributed by atoms with E-state index < -0.39 is 146 Å². The number of carboxylic acids is 4. The van der Waals surface area contributed by atoms with Crippen LogP contribution in [0.15, 0.2) is 60.7 Å². The first kappa shape index (κ1) is 56.7. The summed E-state index contributed by atoms with van der Waals surface area (Å²) in [5.74, 6) is -13.0. The van der Waals surface area contributed by atoms with Crippen molar-refractivity contribution in [2.24, 2.45) is 11.7 Å². The van der Waals surface area contributed by atoms with Crippen molar-refractivity contribution >= 4 is 65.2 Å². The molecule has 8 atom stereocenters. The van der Waals surface area contributed by atoms with Crippen molar-refractivity contribution in [3.63, 3.8) is 0 Å². The maximum Gasteiger partial charge on any atom is 0.326 e. The Bertz CT molecular complexity index is 2090. The van der Waals surface area contributed by atoms with E-state index in [0.29, 0.717) is 11.1 Å². The summed E-state index contributed by atoms with van der Waals surface area (Å²) < 4.78 is 0. The van der Waals surface area contributed by atoms with Crippen LogP contribution in [0.1, 0.15) is 70.4 Å². The minimum absolute atomic E-state index is 0.0265. The molecular weight excluding hydrogens is 897 g/mol. The topological polar surface area (TPSA) is 399 Å². The molecule has 24 heteroatoms. The molecule has 0 aliphatic heterocycles. The van der Waals surface area contributed by atoms with E-state index >= 15 is 0 Å². The van der Waals surface area contributed by atoms with Crippen LogP contribution in [-0.4, -0.2) is 146 Å². The van der Waals surface area contributed by atoms with E-state index in [4.69, 9.17) is 10.8 Å². The highest BCUT2D eigenvalue weighted by Crippen LogP contribution is 2.12. The van der Waals surface area contributed by atoms with Crippen LogP contribution in [-0.2, 0) is 65.6 Å². The Morgan fingerprint density at radius 1 is 0.529 bits per heavy atom. The Morgan fingerprint density at radius 3 is 1.56 bits per heavy atom. The fourth-order valence-electron chi connectivity index (χ4n) is 6.41. The Hall–Kier alpha value is -7.47. The molecule has 68 heavy (non-hydrogen) atoms. The van der Waals surface area contributed by atoms with Gasteiger partial charge in [0.25, 0.3) is 5.91 Å². The predicted octanol–water partition coefficient (Wildman–Crippen LogP) is -2.46. The number of aliphatic hydroxyl groups is 1. The van der Waals surface area contributed by atoms with Gasteiger partial charge in [-0.05, 0) is 49.7 Å². The van der Waals surface area contributed by atoms with Crippen LogP contribution in [0.4, 0.5) is 0 Å². The summed E-state index contributed by atoms with van der Waals surface area (Å²) in [7, 11) is 0. The number of amides is 7. The average molecular weight is 957 g/mol. The van der Waals surface area contributed by atoms with Gasteiger partial charge in [0, 0.05) is 19.3 Å². The average Bonchev–Trinajstić information content (AvgIpc) is 3.27. The largest absolute Gasteiger partial charge is 0.481 e. The highest BCUT2D eigenvalue weighted by atomic mass is 16.4. The minimum Gasteiger partial charge on any atom is -0.481 e. The van der Waals surface area contributed by atoms with Gasteiger partial charge in [0.1, 0.15) is 30.2 Å². The molecule has 0 bridgehead atoms. The Kier molecular flexibility index (Phi) is 23.8. The van der Waals surface area contributed by atoms with E-state index in [9.17, 15) is 73.2 Å². The lowest BCUT2D eigenvalue weighted by Crippen LogP contribution is -2.60. The standard InChI is InChI=1S/C44H60N8O16/c1-23(2)18-30(48-33(53)22-46-39(62)27(45)14-16-34(54)55)42(65)50-29(19-25-10-6-4-7-11-25)37(60)43(66)51-31(21-36(58)59)41(64)47-24(3)38(61)49-28(15-17-35(56)57)40(63)52-32(44(67)68)20-26-12-8-5-9-13-26/h4-13,23-24,27-32,37,60H,14-22,45H2,1-3H3,(H,46,62)(H,47,64)(H,48,53)(H,49,61)(H,50,65)(H,51,66)(H,52,63)(H,54,55)(H,56,57)(H,58,59)(H,67,68)/t24-,27-,28-,29-,30-,31-,32-,37+/m0/s1. The molecule has 0 heterocycles. The molecule has 0 saturated heterocycles. The summed E-state index contributed by atoms with van der Waals surface area (Å²) in [4.78, 5) is 139. The summed E-state index contributed by atoms with van der Waals surface area (Å²) in [6, 6.07) is 5.74. The third-order valence-electron chi connectivity index (χ3n) is 10.0. The highest BCUT2D eigenvalue weighted by molar-refractivity contribution is 5.97. The van der Waals surface area contributed by atoms with Gasteiger partial charge in [-0.15, -0.1) is 0 Å². The molecule has 2 aromatic carbocycles. The van der Waals surface area contributed by atoms with Gasteiger partial charge in [0.2, 0.25) is 35.4 Å². The number of benzene rings is 2. The number of rotatable bonds is 30. The van der Waals surface area contributed by atoms with E-state index in [1.807, 2.05) is 0 Å². The molecule has 0 aliphatic carbocycles. The Balaban J connectivity index is 2.25. The van der Waals surface area contributed by atoms with E-state index in [1.165, 1.54) is 0 Å². The third kappa shape index (κ3) is 21.2. The number of carboxylic acid groups (broad SMARTS) is 4. The van der Waals surface area contributed by atoms with Crippen LogP contribution < -0.4 is 43.0 Å². The smallest absolute Gasteiger partial charge is 0.326 e. The summed E-state index contributed by atoms with van der Waals surface area (Å²) in [5.41, 5.74) is 6.73. The fraction of sp³-hybridized carbons (Fsp3) is 0.477. The van der Waals surface area contributed by atoms with Crippen LogP contribution >= 0.6 is 0 Å². The summed E-state index contributed by atoms with van der Waals surface area (Å²) in [5, 5.41) is 65.0. The lowest BCUT2D eigenvalue weighted by atomic mass is 9.98. The van der Waals surface area contributed by atoms with Gasteiger partial charge in [-0.1, -0.05) is 74.5 Å². The molecule has 0 aromatic heterocycles. The first-order valence-electron chi connectivity index (χ1n) is 21.5. The van der Waals surface area contributed by atoms with Crippen molar-refractivity contribution in [1.82, 2.24) is 37.2 Å². The van der Waals surface area contributed by atoms with Crippen LogP contribution in [0.5, 0.6) is 0 Å². The molecule has 2 aromatic rings. The summed E-state index contributed by atoms with van der Waals surface area (Å²) in [6.45, 7) is 3.94. The van der Waals surface area contributed by atoms with Crippen molar-refractivity contribution in [3.05, 3.63) is 71.8 Å². The molecule has 7 amide bonds. The van der Waals surface area contributed by atoms with Gasteiger partial charge in [0.05, 0.1) is 25.0 Å². The zero-order valence-electron chi connectivity index (χ0n) is 37.6. The molecule has 0 aliphatic rings. The maximum absolute atomic E-state index is 13.8. The minimum atomic E-state index is -2.18. The predicted molar refractivity (Wildman–Crippen MR) is 238 cm³/mol. The van der Waals surface area contributed by atoms with Crippen LogP contribution in [0.25, 0.3) is 0 Å². The van der Waals surface area contributed by atoms with Gasteiger partial charge in [-0.3, -0.25) is 47.9 Å². The molecule has 0 saturated carbocycles. The first-order chi connectivity index (χ1) is 32.0. The van der Waals surface area contributed by atoms with E-state index in [0.717, 1.165) is 6.92 Å². The Morgan fingerprint density at radius 2 is 1.03 bits per heavy atom. The molecule has 0 fully saturated rings. The van der Waals surface area contributed by atoms with Crippen LogP contribution in [0, 0.1) is 5.92 Å². The molecule has 0 unspecified atom stereocenters. The highest BCUT2D eigenvalue weighted by Gasteiger charge is 2.35. The van der Waals surface area contributed by atoms with Gasteiger partial charge < -0.3 is 68.5 Å². The van der Waals surface area contributed by atoms with Crippen LogP contribution in [0.3, 0.4) is 0 Å². The number of nitrogens with one attached hydrogen (secondary N) is 7. The molecule has 2 rings (SSSR count). The lowest BCUT2D eigenvalue weighted by Gasteiger charge is -2.28. The normalized spacial score (nSPS) is 14.4. The molecule has 14 N–H and O–H groups in total. The second kappa shape index (κ2) is 28.5. The van der Waals surface area contributed by atoms with Crippen molar-refractivity contribution < 1.29 is 78.3 Å². The zero-order valence-corrected chi connectivity index (χ0v) is 37.6. The van der Waals surface area contributed by atoms with Crippen LogP contribution in [0.2, 0.25) is 0 Å². The lowest BCUT2D eigenvalue weighted by molar-refractivity contribution is -0.143. The fourth-order valence-corrected chi connectivity index (χ4v) is 6.41. The summed E-state index contributed by atoms with van der Waals surface area (Å²) >= 11 is 0. The number of hydrogen-bond donors (Lipinski definition) is 13. The van der Waals surface area contributed by atoms with Gasteiger partial charge >= 0.3 is 23.9 Å². The van der Waals surface area contributed by atoms with E-state index in [2.05, 4.69) is 37.2 Å². The number of hydrogen-bond acceptors (Lipinski definition) is 13. The monoisotopic (exact) mass is 956 g/mol. The molecule has 372 valence electrons. The van der Waals surface area contributed by atoms with Crippen molar-refractivity contribution in [3.8, 4) is 0 Å². The zero-order chi connectivity index (χ0) is 51.1. The molecule has 0 radical (unpaired) electrons. The first-order valence-corrected chi connectivity index (χ1v) is 21.5. The van der Waals surface area contributed by atoms with Crippen molar-refractivity contribution in [1.29, 1.82) is 0 Å². The van der Waals surface area contributed by atoms with Gasteiger partial charge in [-0.2, -0.15) is 0 Å². The third-order valence-corrected chi connectivity index (χ3v) is 10.0. The van der Waals surface area contributed by atoms with Gasteiger partial charge in [0.15, 0.2) is 6.10 Å². The van der Waals surface area contributed by atoms with Gasteiger partial charge in [-0.25, -0.2) is 4.79 Å². The number of aliphatic carboxylic acids is 4. The number of nitrogens with two attached hydrogens (primary N) is 1. The number of carbonyl (C=O) groups is 11. The molecule has 0 spiro atoms. The van der Waals surface area contributed by atoms with E-state index in [-0.39, 0.29) is 31.6 Å². The second-order valence-corrected chi connectivity index (χ2v) is 16.2. The second-order valence-electron chi connectivity index (χ2n) is 16.2. The van der Waals surface area contributed by atoms with Crippen molar-refractivity contribution in [2.75, 3.05) is 6.54 Å². The molecule has 24 nitrogen and oxygen atoms in total. The number of carbonyl (C=O) groups excluding carboxylic acids is 7. The number of aliphatic hydroxyl groups excluding tert-OH is 1. The molecular formula is C44H60N8O16. The maximum atomic E-state index is 13.8. The Labute approximate surface area is 390 Å². The quantitative estimate of drug-likeness (QED) is 0.0386. The SMILES string of the molecule is CC(C)C[C@H](NC(=O)CNC(=O)[C@@H](N)CCC(=O)O)C(=O)N[C@@H](Cc1ccccc1)[C@@H](O)C(=O)N[C@@H](CC(=O)O)C(=O)N[C@@H](C)C(=O)N[C@@H](CCC(=O)O)C(=O)N[C@@H](Cc1ccccc1)C(=O)O. The van der Waals surface area contributed by atoms with Crippen molar-refractivity contribution in [2.45, 2.75) is 121 Å². The summed E-state index contributed by atoms with van der Waals surface area (Å²) in [6.07, 6.45) is -5.35.